The lowest BCUT2D eigenvalue weighted by molar-refractivity contribution is 0.0953. The molecule has 2 rings (SSSR count). The number of carbonyl (C=O) groups is 2. The van der Waals surface area contributed by atoms with Crippen molar-refractivity contribution in [3.05, 3.63) is 65.0 Å². The van der Waals surface area contributed by atoms with E-state index in [-0.39, 0.29) is 17.0 Å². The first-order valence-corrected chi connectivity index (χ1v) is 7.77. The summed E-state index contributed by atoms with van der Waals surface area (Å²) in [6, 6.07) is 7.45. The number of carbonyl (C=O) groups excluding carboxylic acids is 2. The van der Waals surface area contributed by atoms with E-state index < -0.39 is 29.0 Å². The quantitative estimate of drug-likeness (QED) is 0.613. The molecule has 0 fully saturated rings. The number of rotatable bonds is 6. The molecule has 0 aromatic heterocycles. The molecular formula is C18H17F3N2O2. The zero-order valence-corrected chi connectivity index (χ0v) is 13.5. The Kier molecular flexibility index (Phi) is 6.16. The molecule has 2 amide bonds. The Hall–Kier alpha value is -2.83. The van der Waals surface area contributed by atoms with Crippen molar-refractivity contribution in [1.29, 1.82) is 0 Å². The molecule has 0 saturated heterocycles. The van der Waals surface area contributed by atoms with E-state index in [0.717, 1.165) is 18.9 Å². The van der Waals surface area contributed by atoms with Gasteiger partial charge in [-0.05, 0) is 36.8 Å². The van der Waals surface area contributed by atoms with Crippen LogP contribution in [-0.2, 0) is 0 Å². The Balaban J connectivity index is 2.14. The maximum atomic E-state index is 13.6. The van der Waals surface area contributed by atoms with E-state index >= 15 is 0 Å². The maximum absolute atomic E-state index is 13.6. The second kappa shape index (κ2) is 8.32. The zero-order valence-electron chi connectivity index (χ0n) is 13.5. The number of anilines is 1. The van der Waals surface area contributed by atoms with Crippen LogP contribution < -0.4 is 10.6 Å². The van der Waals surface area contributed by atoms with Crippen LogP contribution in [0.4, 0.5) is 18.9 Å². The minimum atomic E-state index is -1.66. The molecule has 132 valence electrons. The fraction of sp³-hybridized carbons (Fsp3) is 0.222. The van der Waals surface area contributed by atoms with Crippen molar-refractivity contribution < 1.29 is 22.8 Å². The number of hydrogen-bond donors (Lipinski definition) is 2. The molecule has 0 heterocycles. The fourth-order valence-electron chi connectivity index (χ4n) is 2.10. The maximum Gasteiger partial charge on any atom is 0.255 e. The monoisotopic (exact) mass is 350 g/mol. The van der Waals surface area contributed by atoms with Crippen LogP contribution in [0.3, 0.4) is 0 Å². The van der Waals surface area contributed by atoms with Crippen LogP contribution in [0, 0.1) is 17.5 Å². The van der Waals surface area contributed by atoms with Gasteiger partial charge >= 0.3 is 0 Å². The van der Waals surface area contributed by atoms with E-state index in [4.69, 9.17) is 0 Å². The predicted octanol–water partition coefficient (Wildman–Crippen LogP) is 3.89. The third-order valence-corrected chi connectivity index (χ3v) is 3.49. The minimum absolute atomic E-state index is 0.0901. The van der Waals surface area contributed by atoms with Gasteiger partial charge in [0.25, 0.3) is 11.8 Å². The third kappa shape index (κ3) is 4.59. The Morgan fingerprint density at radius 1 is 0.960 bits per heavy atom. The van der Waals surface area contributed by atoms with Gasteiger partial charge in [-0.15, -0.1) is 0 Å². The van der Waals surface area contributed by atoms with E-state index in [1.165, 1.54) is 24.3 Å². The van der Waals surface area contributed by atoms with E-state index in [9.17, 15) is 22.8 Å². The molecule has 0 bridgehead atoms. The highest BCUT2D eigenvalue weighted by molar-refractivity contribution is 6.06. The summed E-state index contributed by atoms with van der Waals surface area (Å²) in [7, 11) is 0. The van der Waals surface area contributed by atoms with Crippen molar-refractivity contribution in [1.82, 2.24) is 5.32 Å². The Morgan fingerprint density at radius 2 is 1.64 bits per heavy atom. The average molecular weight is 350 g/mol. The Bertz CT molecular complexity index is 794. The molecule has 0 atom stereocenters. The number of benzene rings is 2. The van der Waals surface area contributed by atoms with Gasteiger partial charge < -0.3 is 10.6 Å². The number of unbranched alkanes of at least 4 members (excludes halogenated alkanes) is 1. The van der Waals surface area contributed by atoms with Gasteiger partial charge in [0.15, 0.2) is 17.5 Å². The van der Waals surface area contributed by atoms with Crippen LogP contribution in [0.25, 0.3) is 0 Å². The summed E-state index contributed by atoms with van der Waals surface area (Å²) in [5.41, 5.74) is -0.122. The van der Waals surface area contributed by atoms with Crippen LogP contribution in [0.1, 0.15) is 40.5 Å². The third-order valence-electron chi connectivity index (χ3n) is 3.49. The van der Waals surface area contributed by atoms with E-state index in [2.05, 4.69) is 10.6 Å². The van der Waals surface area contributed by atoms with Gasteiger partial charge in [0.2, 0.25) is 0 Å². The molecule has 2 N–H and O–H groups in total. The van der Waals surface area contributed by atoms with Crippen molar-refractivity contribution in [2.45, 2.75) is 19.8 Å². The van der Waals surface area contributed by atoms with E-state index in [1.54, 1.807) is 0 Å². The molecule has 0 unspecified atom stereocenters. The molecule has 2 aromatic carbocycles. The lowest BCUT2D eigenvalue weighted by atomic mass is 10.1. The van der Waals surface area contributed by atoms with Gasteiger partial charge in [-0.2, -0.15) is 0 Å². The topological polar surface area (TPSA) is 58.2 Å². The van der Waals surface area contributed by atoms with Crippen LogP contribution in [0.5, 0.6) is 0 Å². The summed E-state index contributed by atoms with van der Waals surface area (Å²) in [6.07, 6.45) is 1.77. The first-order chi connectivity index (χ1) is 11.9. The minimum Gasteiger partial charge on any atom is -0.352 e. The smallest absolute Gasteiger partial charge is 0.255 e. The summed E-state index contributed by atoms with van der Waals surface area (Å²) in [5.74, 6) is -5.57. The van der Waals surface area contributed by atoms with Crippen molar-refractivity contribution in [2.75, 3.05) is 11.9 Å². The molecule has 25 heavy (non-hydrogen) atoms. The fourth-order valence-corrected chi connectivity index (χ4v) is 2.10. The van der Waals surface area contributed by atoms with Crippen molar-refractivity contribution in [2.24, 2.45) is 0 Å². The molecule has 2 aromatic rings. The SMILES string of the molecule is CCCCNC(=O)c1cccc(C(=O)Nc2ccc(F)c(F)c2F)c1. The standard InChI is InChI=1S/C18H17F3N2O2/c1-2-3-9-22-17(24)11-5-4-6-12(10-11)18(25)23-14-8-7-13(19)15(20)16(14)21/h4-8,10H,2-3,9H2,1H3,(H,22,24)(H,23,25). The van der Waals surface area contributed by atoms with Gasteiger partial charge in [0.1, 0.15) is 0 Å². The molecule has 0 saturated carbocycles. The summed E-state index contributed by atoms with van der Waals surface area (Å²) in [6.45, 7) is 2.51. The number of halogens is 3. The Morgan fingerprint density at radius 3 is 2.32 bits per heavy atom. The second-order valence-electron chi connectivity index (χ2n) is 5.37. The number of amides is 2. The van der Waals surface area contributed by atoms with Gasteiger partial charge in [0, 0.05) is 17.7 Å². The molecular weight excluding hydrogens is 333 g/mol. The molecule has 0 aliphatic heterocycles. The average Bonchev–Trinajstić information content (AvgIpc) is 2.62. The summed E-state index contributed by atoms with van der Waals surface area (Å²) in [5, 5.41) is 4.88. The summed E-state index contributed by atoms with van der Waals surface area (Å²) < 4.78 is 39.7. The van der Waals surface area contributed by atoms with Gasteiger partial charge in [-0.1, -0.05) is 19.4 Å². The second-order valence-corrected chi connectivity index (χ2v) is 5.37. The number of hydrogen-bond acceptors (Lipinski definition) is 2. The highest BCUT2D eigenvalue weighted by Crippen LogP contribution is 2.20. The highest BCUT2D eigenvalue weighted by atomic mass is 19.2. The molecule has 0 aliphatic carbocycles. The molecule has 7 heteroatoms. The van der Waals surface area contributed by atoms with E-state index in [1.807, 2.05) is 6.92 Å². The first-order valence-electron chi connectivity index (χ1n) is 7.77. The Labute approximate surface area is 143 Å². The van der Waals surface area contributed by atoms with Gasteiger partial charge in [-0.25, -0.2) is 13.2 Å². The summed E-state index contributed by atoms with van der Waals surface area (Å²) >= 11 is 0. The lowest BCUT2D eigenvalue weighted by Crippen LogP contribution is -2.24. The normalized spacial score (nSPS) is 10.4. The van der Waals surface area contributed by atoms with Gasteiger partial charge in [-0.3, -0.25) is 9.59 Å². The van der Waals surface area contributed by atoms with Crippen molar-refractivity contribution in [3.8, 4) is 0 Å². The largest absolute Gasteiger partial charge is 0.352 e. The van der Waals surface area contributed by atoms with Crippen LogP contribution in [0.15, 0.2) is 36.4 Å². The predicted molar refractivity (Wildman–Crippen MR) is 88.0 cm³/mol. The van der Waals surface area contributed by atoms with Crippen LogP contribution in [-0.4, -0.2) is 18.4 Å². The molecule has 4 nitrogen and oxygen atoms in total. The van der Waals surface area contributed by atoms with E-state index in [0.29, 0.717) is 12.6 Å². The molecule has 0 spiro atoms. The molecule has 0 aliphatic rings. The van der Waals surface area contributed by atoms with Crippen LogP contribution >= 0.6 is 0 Å². The van der Waals surface area contributed by atoms with Crippen molar-refractivity contribution in [3.63, 3.8) is 0 Å². The highest BCUT2D eigenvalue weighted by Gasteiger charge is 2.16. The zero-order chi connectivity index (χ0) is 18.4. The number of nitrogens with one attached hydrogen (secondary N) is 2. The van der Waals surface area contributed by atoms with Crippen molar-refractivity contribution >= 4 is 17.5 Å². The lowest BCUT2D eigenvalue weighted by Gasteiger charge is -2.09. The molecule has 0 radical (unpaired) electrons. The van der Waals surface area contributed by atoms with Gasteiger partial charge in [0.05, 0.1) is 5.69 Å². The van der Waals surface area contributed by atoms with Crippen LogP contribution in [0.2, 0.25) is 0 Å². The first kappa shape index (κ1) is 18.5. The summed E-state index contributed by atoms with van der Waals surface area (Å²) in [4.78, 5) is 24.2.